The number of pyridine rings is 1. The van der Waals surface area contributed by atoms with Crippen molar-refractivity contribution in [2.45, 2.75) is 45.3 Å². The molecule has 2 nitrogen and oxygen atoms in total. The van der Waals surface area contributed by atoms with Gasteiger partial charge in [-0.2, -0.15) is 0 Å². The summed E-state index contributed by atoms with van der Waals surface area (Å²) >= 11 is 3.43. The molecule has 1 rings (SSSR count). The van der Waals surface area contributed by atoms with Crippen LogP contribution in [0.3, 0.4) is 0 Å². The maximum atomic E-state index is 6.00. The lowest BCUT2D eigenvalue weighted by Crippen LogP contribution is -2.27. The molecule has 0 bridgehead atoms. The van der Waals surface area contributed by atoms with E-state index in [0.29, 0.717) is 9.76 Å². The van der Waals surface area contributed by atoms with E-state index in [9.17, 15) is 0 Å². The average molecular weight is 300 g/mol. The smallest absolute Gasteiger partial charge is 0.236 e. The predicted molar refractivity (Wildman–Crippen MR) is 71.5 cm³/mol. The third kappa shape index (κ3) is 4.35. The molecule has 0 N–H and O–H groups in total. The lowest BCUT2D eigenvalue weighted by Gasteiger charge is -2.29. The first-order valence-electron chi connectivity index (χ1n) is 5.27. The Bertz CT molecular complexity index is 360. The normalized spacial score (nSPS) is 12.9. The van der Waals surface area contributed by atoms with Crippen molar-refractivity contribution in [3.05, 3.63) is 28.5 Å². The zero-order valence-corrected chi connectivity index (χ0v) is 13.1. The van der Waals surface area contributed by atoms with Crippen molar-refractivity contribution in [3.63, 3.8) is 0 Å². The summed E-state index contributed by atoms with van der Waals surface area (Å²) in [5.74, 6) is 0. The van der Waals surface area contributed by atoms with Crippen LogP contribution in [0.5, 0.6) is 0 Å². The lowest BCUT2D eigenvalue weighted by molar-refractivity contribution is 0.109. The van der Waals surface area contributed by atoms with Crippen LogP contribution < -0.4 is 0 Å². The average Bonchev–Trinajstić information content (AvgIpc) is 2.14. The van der Waals surface area contributed by atoms with E-state index >= 15 is 0 Å². The number of hydrogen-bond acceptors (Lipinski definition) is 2. The Morgan fingerprint density at radius 2 is 1.81 bits per heavy atom. The maximum absolute atomic E-state index is 6.00. The summed E-state index contributed by atoms with van der Waals surface area (Å²) in [5.41, 5.74) is 0.807. The van der Waals surface area contributed by atoms with Crippen molar-refractivity contribution in [3.8, 4) is 0 Å². The van der Waals surface area contributed by atoms with Gasteiger partial charge in [0.15, 0.2) is 0 Å². The maximum Gasteiger partial charge on any atom is 0.236 e. The van der Waals surface area contributed by atoms with Gasteiger partial charge >= 0.3 is 0 Å². The highest BCUT2D eigenvalue weighted by molar-refractivity contribution is 9.10. The van der Waals surface area contributed by atoms with Gasteiger partial charge < -0.3 is 4.43 Å². The Morgan fingerprint density at radius 3 is 2.31 bits per heavy atom. The van der Waals surface area contributed by atoms with E-state index in [4.69, 9.17) is 4.43 Å². The number of hydrogen-bond donors (Lipinski definition) is 0. The van der Waals surface area contributed by atoms with Gasteiger partial charge in [0.05, 0.1) is 5.60 Å². The topological polar surface area (TPSA) is 22.1 Å². The molecule has 0 fully saturated rings. The van der Waals surface area contributed by atoms with Crippen molar-refractivity contribution >= 4 is 25.7 Å². The quantitative estimate of drug-likeness (QED) is 0.789. The molecule has 1 heterocycles. The molecule has 0 aliphatic carbocycles. The van der Waals surface area contributed by atoms with Crippen molar-refractivity contribution in [2.24, 2.45) is 0 Å². The molecule has 88 valence electrons. The summed E-state index contributed by atoms with van der Waals surface area (Å²) in [5, 5.41) is 0.205. The fourth-order valence-electron chi connectivity index (χ4n) is 1.08. The van der Waals surface area contributed by atoms with Crippen LogP contribution in [-0.4, -0.2) is 14.7 Å². The van der Waals surface area contributed by atoms with Crippen molar-refractivity contribution < 1.29 is 4.43 Å². The van der Waals surface area contributed by atoms with Crippen LogP contribution in [-0.2, 0) is 10.0 Å². The van der Waals surface area contributed by atoms with E-state index in [1.54, 1.807) is 6.20 Å². The highest BCUT2D eigenvalue weighted by atomic mass is 79.9. The molecule has 0 spiro atoms. The molecule has 0 aliphatic heterocycles. The summed E-state index contributed by atoms with van der Waals surface area (Å²) < 4.78 is 6.99. The molecule has 1 aromatic heterocycles. The summed E-state index contributed by atoms with van der Waals surface area (Å²) in [7, 11) is 0.472. The van der Waals surface area contributed by atoms with E-state index in [-0.39, 0.29) is 10.6 Å². The molecular weight excluding hydrogens is 282 g/mol. The second kappa shape index (κ2) is 4.98. The van der Waals surface area contributed by atoms with Gasteiger partial charge in [-0.25, -0.2) is 0 Å². The van der Waals surface area contributed by atoms with Gasteiger partial charge in [0.2, 0.25) is 9.76 Å². The zero-order chi connectivity index (χ0) is 12.4. The summed E-state index contributed by atoms with van der Waals surface area (Å²) in [4.78, 5) is 4.17. The minimum atomic E-state index is -0.289. The van der Waals surface area contributed by atoms with Crippen molar-refractivity contribution in [1.29, 1.82) is 0 Å². The Balaban J connectivity index is 2.77. The molecule has 4 heteroatoms. The monoisotopic (exact) mass is 299 g/mol. The van der Waals surface area contributed by atoms with E-state index in [1.165, 1.54) is 0 Å². The molecule has 0 atom stereocenters. The van der Waals surface area contributed by atoms with Crippen LogP contribution in [0, 0.1) is 0 Å². The molecule has 0 unspecified atom stereocenters. The SMILES string of the molecule is CC(C)(C)[Si]OC(C)(C)c1cncc(Br)c1. The molecular formula is C12H18BrNOSi. The molecule has 0 aromatic carbocycles. The summed E-state index contributed by atoms with van der Waals surface area (Å²) in [6.07, 6.45) is 3.64. The first kappa shape index (κ1) is 13.9. The molecule has 1 aromatic rings. The van der Waals surface area contributed by atoms with Gasteiger partial charge in [0, 0.05) is 22.4 Å². The first-order valence-corrected chi connectivity index (χ1v) is 6.97. The number of rotatable bonds is 3. The van der Waals surface area contributed by atoms with Crippen molar-refractivity contribution in [1.82, 2.24) is 4.98 Å². The Labute approximate surface area is 109 Å². The fourth-order valence-corrected chi connectivity index (χ4v) is 2.12. The predicted octanol–water partition coefficient (Wildman–Crippen LogP) is 3.93. The molecule has 0 saturated heterocycles. The second-order valence-corrected chi connectivity index (χ2v) is 8.18. The molecule has 0 aliphatic rings. The Hall–Kier alpha value is -0.193. The van der Waals surface area contributed by atoms with Gasteiger partial charge in [-0.1, -0.05) is 20.8 Å². The third-order valence-corrected chi connectivity index (χ3v) is 3.67. The van der Waals surface area contributed by atoms with E-state index in [1.807, 2.05) is 6.20 Å². The van der Waals surface area contributed by atoms with Crippen LogP contribution in [0.2, 0.25) is 5.04 Å². The number of aromatic nitrogens is 1. The van der Waals surface area contributed by atoms with Crippen LogP contribution in [0.1, 0.15) is 40.2 Å². The Morgan fingerprint density at radius 1 is 1.19 bits per heavy atom. The zero-order valence-electron chi connectivity index (χ0n) is 10.5. The number of nitrogens with zero attached hydrogens (tertiary/aromatic N) is 1. The first-order chi connectivity index (χ1) is 7.21. The van der Waals surface area contributed by atoms with Crippen LogP contribution in [0.15, 0.2) is 22.9 Å². The molecule has 2 radical (unpaired) electrons. The highest BCUT2D eigenvalue weighted by Crippen LogP contribution is 2.29. The van der Waals surface area contributed by atoms with Gasteiger partial charge in [0.1, 0.15) is 0 Å². The summed E-state index contributed by atoms with van der Waals surface area (Å²) in [6, 6.07) is 2.06. The fraction of sp³-hybridized carbons (Fsp3) is 0.583. The largest absolute Gasteiger partial charge is 0.408 e. The minimum absolute atomic E-state index is 0.205. The van der Waals surface area contributed by atoms with Crippen molar-refractivity contribution in [2.75, 3.05) is 0 Å². The van der Waals surface area contributed by atoms with Gasteiger partial charge in [-0.15, -0.1) is 0 Å². The van der Waals surface area contributed by atoms with Gasteiger partial charge in [-0.3, -0.25) is 4.98 Å². The second-order valence-electron chi connectivity index (χ2n) is 5.36. The number of halogens is 1. The molecule has 16 heavy (non-hydrogen) atoms. The van der Waals surface area contributed by atoms with Crippen LogP contribution in [0.4, 0.5) is 0 Å². The van der Waals surface area contributed by atoms with Gasteiger partial charge in [-0.05, 0) is 40.9 Å². The van der Waals surface area contributed by atoms with E-state index in [2.05, 4.69) is 61.6 Å². The van der Waals surface area contributed by atoms with Crippen LogP contribution >= 0.6 is 15.9 Å². The molecule has 0 amide bonds. The Kier molecular flexibility index (Phi) is 4.32. The standard InChI is InChI=1S/C12H18BrNOSi/c1-11(2,3)16-15-12(4,5)9-6-10(13)8-14-7-9/h6-8H,1-5H3. The van der Waals surface area contributed by atoms with Crippen LogP contribution in [0.25, 0.3) is 0 Å². The summed E-state index contributed by atoms with van der Waals surface area (Å²) in [6.45, 7) is 10.7. The highest BCUT2D eigenvalue weighted by Gasteiger charge is 2.25. The lowest BCUT2D eigenvalue weighted by atomic mass is 10.0. The third-order valence-electron chi connectivity index (χ3n) is 2.01. The van der Waals surface area contributed by atoms with E-state index in [0.717, 1.165) is 10.0 Å². The van der Waals surface area contributed by atoms with E-state index < -0.39 is 0 Å². The molecule has 0 saturated carbocycles. The minimum Gasteiger partial charge on any atom is -0.408 e. The van der Waals surface area contributed by atoms with Gasteiger partial charge in [0.25, 0.3) is 0 Å².